The summed E-state index contributed by atoms with van der Waals surface area (Å²) in [4.78, 5) is 12.6. The number of rotatable bonds is 5. The fourth-order valence-electron chi connectivity index (χ4n) is 4.11. The number of halogens is 4. The number of thioether (sulfide) groups is 1. The lowest BCUT2D eigenvalue weighted by molar-refractivity contribution is -0.118. The minimum absolute atomic E-state index is 0.0375. The third-order valence-corrected chi connectivity index (χ3v) is 8.40. The summed E-state index contributed by atoms with van der Waals surface area (Å²) >= 11 is -0.335. The quantitative estimate of drug-likeness (QED) is 0.345. The Morgan fingerprint density at radius 1 is 1.31 bits per heavy atom. The third kappa shape index (κ3) is 6.20. The van der Waals surface area contributed by atoms with Gasteiger partial charge in [0.15, 0.2) is 9.84 Å². The van der Waals surface area contributed by atoms with E-state index in [0.29, 0.717) is 18.8 Å². The zero-order valence-corrected chi connectivity index (χ0v) is 20.2. The summed E-state index contributed by atoms with van der Waals surface area (Å²) < 4.78 is 78.9. The van der Waals surface area contributed by atoms with Crippen molar-refractivity contribution in [3.05, 3.63) is 23.9 Å². The Hall–Kier alpha value is -2.50. The highest BCUT2D eigenvalue weighted by atomic mass is 32.2. The van der Waals surface area contributed by atoms with E-state index in [2.05, 4.69) is 27.6 Å². The lowest BCUT2D eigenvalue weighted by Crippen LogP contribution is -2.59. The Kier molecular flexibility index (Phi) is 7.21. The number of hydrogen-bond donors (Lipinski definition) is 2. The lowest BCUT2D eigenvalue weighted by atomic mass is 10.0. The number of nitrogens with zero attached hydrogens (tertiary/aromatic N) is 3. The van der Waals surface area contributed by atoms with Crippen LogP contribution in [0, 0.1) is 11.8 Å². The molecule has 2 aliphatic rings. The van der Waals surface area contributed by atoms with Gasteiger partial charge in [-0.15, -0.1) is 0 Å². The van der Waals surface area contributed by atoms with E-state index in [0.717, 1.165) is 0 Å². The first-order valence-corrected chi connectivity index (χ1v) is 13.4. The van der Waals surface area contributed by atoms with Gasteiger partial charge in [-0.05, 0) is 36.2 Å². The molecule has 0 spiro atoms. The summed E-state index contributed by atoms with van der Waals surface area (Å²) in [5, 5.41) is 9.73. The molecule has 0 radical (unpaired) electrons. The Morgan fingerprint density at radius 2 is 2.06 bits per heavy atom. The first kappa shape index (κ1) is 25.6. The number of fused-ring (bicyclic) bond motifs is 1. The van der Waals surface area contributed by atoms with Gasteiger partial charge in [0.05, 0.1) is 34.5 Å². The fraction of sp³-hybridized carbons (Fsp3) is 0.524. The summed E-state index contributed by atoms with van der Waals surface area (Å²) in [5.74, 6) is 5.24. The maximum Gasteiger partial charge on any atom is 0.446 e. The molecule has 0 bridgehead atoms. The lowest BCUT2D eigenvalue weighted by Gasteiger charge is -2.42. The van der Waals surface area contributed by atoms with Gasteiger partial charge in [-0.2, -0.15) is 18.3 Å². The molecule has 35 heavy (non-hydrogen) atoms. The number of piperidine rings is 1. The van der Waals surface area contributed by atoms with Crippen molar-refractivity contribution in [1.82, 2.24) is 19.8 Å². The molecule has 4 heterocycles. The van der Waals surface area contributed by atoms with E-state index < -0.39 is 27.6 Å². The minimum Gasteiger partial charge on any atom is -0.364 e. The van der Waals surface area contributed by atoms with Crippen LogP contribution >= 0.6 is 11.8 Å². The van der Waals surface area contributed by atoms with Crippen molar-refractivity contribution in [2.45, 2.75) is 42.0 Å². The molecule has 0 saturated carbocycles. The highest BCUT2D eigenvalue weighted by molar-refractivity contribution is 8.00. The van der Waals surface area contributed by atoms with E-state index >= 15 is 0 Å². The number of sulfone groups is 1. The van der Waals surface area contributed by atoms with Crippen molar-refractivity contribution in [2.24, 2.45) is 0 Å². The summed E-state index contributed by atoms with van der Waals surface area (Å²) in [7, 11) is -3.02. The fourth-order valence-corrected chi connectivity index (χ4v) is 6.29. The van der Waals surface area contributed by atoms with Gasteiger partial charge in [-0.1, -0.05) is 12.0 Å². The number of pyridine rings is 1. The van der Waals surface area contributed by atoms with Crippen molar-refractivity contribution in [1.29, 1.82) is 0 Å². The van der Waals surface area contributed by atoms with Crippen LogP contribution in [0.3, 0.4) is 0 Å². The Bertz CT molecular complexity index is 1270. The van der Waals surface area contributed by atoms with E-state index in [4.69, 9.17) is 0 Å². The van der Waals surface area contributed by atoms with E-state index in [9.17, 15) is 30.8 Å². The predicted octanol–water partition coefficient (Wildman–Crippen LogP) is 2.06. The van der Waals surface area contributed by atoms with Crippen LogP contribution < -0.4 is 10.6 Å². The number of anilines is 1. The average molecular weight is 534 g/mol. The van der Waals surface area contributed by atoms with Gasteiger partial charge in [0.2, 0.25) is 5.91 Å². The van der Waals surface area contributed by atoms with Gasteiger partial charge in [-0.25, -0.2) is 17.3 Å². The number of nitrogens with one attached hydrogen (secondary N) is 2. The van der Waals surface area contributed by atoms with Crippen LogP contribution in [0.25, 0.3) is 5.52 Å². The molecule has 14 heteroatoms. The number of carbonyl (C=O) groups excluding carboxylic acids is 1. The molecular formula is C21H23F4N5O3S2. The number of hydrogen-bond acceptors (Lipinski definition) is 7. The summed E-state index contributed by atoms with van der Waals surface area (Å²) in [6.45, 7) is 1.82. The maximum absolute atomic E-state index is 15.0. The van der Waals surface area contributed by atoms with Crippen molar-refractivity contribution in [3.8, 4) is 11.8 Å². The molecular weight excluding hydrogens is 510 g/mol. The topological polar surface area (TPSA) is 95.8 Å². The Morgan fingerprint density at radius 3 is 2.69 bits per heavy atom. The highest BCUT2D eigenvalue weighted by Crippen LogP contribution is 2.41. The Balaban J connectivity index is 1.55. The van der Waals surface area contributed by atoms with Gasteiger partial charge in [0, 0.05) is 26.1 Å². The molecule has 4 rings (SSSR count). The largest absolute Gasteiger partial charge is 0.446 e. The van der Waals surface area contributed by atoms with E-state index in [-0.39, 0.29) is 64.4 Å². The first-order valence-electron chi connectivity index (χ1n) is 10.8. The van der Waals surface area contributed by atoms with Crippen LogP contribution in [0.5, 0.6) is 0 Å². The molecule has 0 unspecified atom stereocenters. The summed E-state index contributed by atoms with van der Waals surface area (Å²) in [5.41, 5.74) is -4.52. The molecule has 0 aliphatic carbocycles. The van der Waals surface area contributed by atoms with Crippen LogP contribution in [-0.4, -0.2) is 83.7 Å². The molecule has 8 nitrogen and oxygen atoms in total. The first-order chi connectivity index (χ1) is 16.4. The molecule has 2 atom stereocenters. The van der Waals surface area contributed by atoms with Crippen LogP contribution in [-0.2, 0) is 14.6 Å². The van der Waals surface area contributed by atoms with Crippen molar-refractivity contribution in [2.75, 3.05) is 36.5 Å². The monoisotopic (exact) mass is 533 g/mol. The number of carbonyl (C=O) groups is 1. The summed E-state index contributed by atoms with van der Waals surface area (Å²) in [6, 6.07) is 3.82. The van der Waals surface area contributed by atoms with Crippen molar-refractivity contribution < 1.29 is 30.8 Å². The third-order valence-electron chi connectivity index (χ3n) is 5.78. The van der Waals surface area contributed by atoms with Crippen LogP contribution in [0.1, 0.15) is 19.0 Å². The van der Waals surface area contributed by atoms with Crippen LogP contribution in [0.2, 0.25) is 0 Å². The van der Waals surface area contributed by atoms with Gasteiger partial charge < -0.3 is 10.6 Å². The van der Waals surface area contributed by atoms with Crippen LogP contribution in [0.15, 0.2) is 23.1 Å². The second-order valence-electron chi connectivity index (χ2n) is 8.43. The Labute approximate surface area is 203 Å². The SMILES string of the molecule is CC(=O)NCC#Cc1nn2c(N[C@@H]3CCN(C4CS(=O)(=O)C4)C[C@@H]3F)cccc2c1SC(F)(F)F. The second kappa shape index (κ2) is 9.87. The smallest absolute Gasteiger partial charge is 0.364 e. The minimum atomic E-state index is -4.58. The van der Waals surface area contributed by atoms with Gasteiger partial charge >= 0.3 is 5.51 Å². The normalized spacial score (nSPS) is 22.8. The van der Waals surface area contributed by atoms with E-state index in [1.807, 2.05) is 4.90 Å². The number of alkyl halides is 4. The predicted molar refractivity (Wildman–Crippen MR) is 124 cm³/mol. The standard InChI is InChI=1S/C21H23F4N5O3S2/c1-13(31)26-8-3-4-17-20(34-21(23,24)25)18-5-2-6-19(30(18)28-17)27-16-7-9-29(10-15(16)22)14-11-35(32,33)12-14/h2,5-6,14-16,27H,7-12H2,1H3,(H,26,31)/t15-,16+/m0/s1. The highest BCUT2D eigenvalue weighted by Gasteiger charge is 2.41. The molecule has 2 aromatic heterocycles. The number of likely N-dealkylation sites (tertiary alicyclic amines) is 1. The van der Waals surface area contributed by atoms with Crippen molar-refractivity contribution >= 4 is 38.8 Å². The number of amides is 1. The molecule has 190 valence electrons. The molecule has 2 aliphatic heterocycles. The van der Waals surface area contributed by atoms with Crippen molar-refractivity contribution in [3.63, 3.8) is 0 Å². The molecule has 2 N–H and O–H groups in total. The van der Waals surface area contributed by atoms with Gasteiger partial charge in [0.25, 0.3) is 0 Å². The number of aromatic nitrogens is 2. The van der Waals surface area contributed by atoms with E-state index in [1.54, 1.807) is 12.1 Å². The van der Waals surface area contributed by atoms with Crippen LogP contribution in [0.4, 0.5) is 23.4 Å². The maximum atomic E-state index is 15.0. The second-order valence-corrected chi connectivity index (χ2v) is 11.7. The molecule has 1 amide bonds. The molecule has 2 saturated heterocycles. The zero-order valence-electron chi connectivity index (χ0n) is 18.6. The summed E-state index contributed by atoms with van der Waals surface area (Å²) in [6.07, 6.45) is -0.915. The molecule has 2 aromatic rings. The van der Waals surface area contributed by atoms with E-state index in [1.165, 1.54) is 17.5 Å². The zero-order chi connectivity index (χ0) is 25.4. The van der Waals surface area contributed by atoms with Gasteiger partial charge in [-0.3, -0.25) is 9.69 Å². The molecule has 0 aromatic carbocycles. The molecule has 2 fully saturated rings. The van der Waals surface area contributed by atoms with Gasteiger partial charge in [0.1, 0.15) is 17.7 Å². The average Bonchev–Trinajstić information content (AvgIpc) is 3.07.